The lowest BCUT2D eigenvalue weighted by Gasteiger charge is -2.10. The van der Waals surface area contributed by atoms with Crippen molar-refractivity contribution in [2.24, 2.45) is 0 Å². The quantitative estimate of drug-likeness (QED) is 0.545. The van der Waals surface area contributed by atoms with E-state index in [-0.39, 0.29) is 0 Å². The first-order chi connectivity index (χ1) is 7.09. The molecule has 0 bridgehead atoms. The Bertz CT molecular complexity index is 544. The van der Waals surface area contributed by atoms with E-state index >= 15 is 0 Å². The highest BCUT2D eigenvalue weighted by molar-refractivity contribution is 7.86. The van der Waals surface area contributed by atoms with E-state index in [1.807, 2.05) is 0 Å². The molecule has 0 aliphatic heterocycles. The second-order valence-corrected chi connectivity index (χ2v) is 5.56. The third-order valence-electron chi connectivity index (χ3n) is 1.59. The zero-order chi connectivity index (χ0) is 12.6. The highest BCUT2D eigenvalue weighted by atomic mass is 32.2. The number of aryl methyl sites for hydroxylation is 1. The van der Waals surface area contributed by atoms with Gasteiger partial charge in [-0.2, -0.15) is 8.42 Å². The fourth-order valence-electron chi connectivity index (χ4n) is 1.03. The van der Waals surface area contributed by atoms with Crippen LogP contribution in [0.15, 0.2) is 23.1 Å². The molecule has 0 amide bonds. The molecule has 0 saturated carbocycles. The predicted octanol–water partition coefficient (Wildman–Crippen LogP) is 0.713. The molecule has 0 atom stereocenters. The number of rotatable bonds is 3. The molecule has 16 heavy (non-hydrogen) atoms. The molecule has 90 valence electrons. The van der Waals surface area contributed by atoms with Gasteiger partial charge in [0.2, 0.25) is 0 Å². The van der Waals surface area contributed by atoms with E-state index in [0.717, 1.165) is 12.1 Å². The molecule has 0 aliphatic rings. The summed E-state index contributed by atoms with van der Waals surface area (Å²) in [6, 6.07) is 3.45. The van der Waals surface area contributed by atoms with Crippen LogP contribution < -0.4 is 4.52 Å². The van der Waals surface area contributed by atoms with Crippen LogP contribution >= 0.6 is 7.82 Å². The van der Waals surface area contributed by atoms with Crippen LogP contribution in [0.4, 0.5) is 0 Å². The van der Waals surface area contributed by atoms with Gasteiger partial charge in [-0.15, -0.1) is 0 Å². The van der Waals surface area contributed by atoms with Crippen LogP contribution in [0.2, 0.25) is 0 Å². The number of hydrogen-bond acceptors (Lipinski definition) is 4. The normalized spacial score (nSPS) is 12.5. The van der Waals surface area contributed by atoms with Crippen LogP contribution in [0, 0.1) is 6.92 Å². The molecule has 0 aliphatic carbocycles. The molecular formula is C7H9O7PS. The van der Waals surface area contributed by atoms with Crippen molar-refractivity contribution in [3.05, 3.63) is 23.8 Å². The molecule has 7 nitrogen and oxygen atoms in total. The minimum Gasteiger partial charge on any atom is -0.403 e. The largest absolute Gasteiger partial charge is 0.524 e. The van der Waals surface area contributed by atoms with Crippen LogP contribution in [0.3, 0.4) is 0 Å². The number of phosphoric acid groups is 1. The van der Waals surface area contributed by atoms with Crippen LogP contribution in [-0.2, 0) is 14.7 Å². The molecule has 3 N–H and O–H groups in total. The summed E-state index contributed by atoms with van der Waals surface area (Å²) in [4.78, 5) is 16.4. The molecule has 1 aromatic rings. The minimum absolute atomic E-state index is 0.524. The van der Waals surface area contributed by atoms with Crippen LogP contribution in [0.5, 0.6) is 5.75 Å². The molecule has 9 heteroatoms. The van der Waals surface area contributed by atoms with Gasteiger partial charge >= 0.3 is 7.82 Å². The Morgan fingerprint density at radius 3 is 2.31 bits per heavy atom. The molecular weight excluding hydrogens is 259 g/mol. The maximum atomic E-state index is 10.9. The lowest BCUT2D eigenvalue weighted by atomic mass is 10.2. The van der Waals surface area contributed by atoms with Crippen molar-refractivity contribution in [2.75, 3.05) is 0 Å². The molecule has 0 fully saturated rings. The Hall–Kier alpha value is -0.920. The van der Waals surface area contributed by atoms with E-state index < -0.39 is 28.6 Å². The van der Waals surface area contributed by atoms with Crippen molar-refractivity contribution < 1.29 is 31.8 Å². The first-order valence-corrected chi connectivity index (χ1v) is 6.90. The van der Waals surface area contributed by atoms with Gasteiger partial charge in [0.05, 0.1) is 0 Å². The van der Waals surface area contributed by atoms with Crippen molar-refractivity contribution in [3.63, 3.8) is 0 Å². The SMILES string of the molecule is Cc1ccc(S(=O)(=O)O)c(OP(=O)(O)O)c1. The van der Waals surface area contributed by atoms with Crippen molar-refractivity contribution >= 4 is 17.9 Å². The Morgan fingerprint density at radius 1 is 1.31 bits per heavy atom. The predicted molar refractivity (Wildman–Crippen MR) is 53.7 cm³/mol. The average Bonchev–Trinajstić information content (AvgIpc) is 1.97. The summed E-state index contributed by atoms with van der Waals surface area (Å²) in [6.07, 6.45) is 0. The summed E-state index contributed by atoms with van der Waals surface area (Å²) in [5.74, 6) is -0.587. The van der Waals surface area contributed by atoms with Gasteiger partial charge < -0.3 is 4.52 Å². The van der Waals surface area contributed by atoms with Gasteiger partial charge in [0, 0.05) is 0 Å². The summed E-state index contributed by atoms with van der Waals surface area (Å²) in [6.45, 7) is 1.57. The third-order valence-corrected chi connectivity index (χ3v) is 2.92. The topological polar surface area (TPSA) is 121 Å². The van der Waals surface area contributed by atoms with Crippen LogP contribution in [0.25, 0.3) is 0 Å². The Labute approximate surface area is 91.7 Å². The summed E-state index contributed by atoms with van der Waals surface area (Å²) in [5.41, 5.74) is 0.524. The van der Waals surface area contributed by atoms with Crippen LogP contribution in [-0.4, -0.2) is 22.8 Å². The highest BCUT2D eigenvalue weighted by Crippen LogP contribution is 2.40. The van der Waals surface area contributed by atoms with Crippen molar-refractivity contribution in [3.8, 4) is 5.75 Å². The molecule has 0 saturated heterocycles. The maximum Gasteiger partial charge on any atom is 0.524 e. The molecule has 0 unspecified atom stereocenters. The zero-order valence-electron chi connectivity index (χ0n) is 8.06. The summed E-state index contributed by atoms with van der Waals surface area (Å²) in [7, 11) is -9.47. The van der Waals surface area contributed by atoms with Crippen molar-refractivity contribution in [1.82, 2.24) is 0 Å². The third kappa shape index (κ3) is 3.58. The number of hydrogen-bond donors (Lipinski definition) is 3. The van der Waals surface area contributed by atoms with E-state index in [1.165, 1.54) is 6.07 Å². The smallest absolute Gasteiger partial charge is 0.403 e. The second kappa shape index (κ2) is 4.15. The average molecular weight is 268 g/mol. The van der Waals surface area contributed by atoms with Gasteiger partial charge in [-0.25, -0.2) is 4.57 Å². The van der Waals surface area contributed by atoms with E-state index in [9.17, 15) is 13.0 Å². The molecule has 1 rings (SSSR count). The zero-order valence-corrected chi connectivity index (χ0v) is 9.77. The van der Waals surface area contributed by atoms with E-state index in [4.69, 9.17) is 14.3 Å². The Morgan fingerprint density at radius 2 is 1.88 bits per heavy atom. The fourth-order valence-corrected chi connectivity index (χ4v) is 2.09. The first kappa shape index (κ1) is 13.1. The van der Waals surface area contributed by atoms with Crippen molar-refractivity contribution in [2.45, 2.75) is 11.8 Å². The summed E-state index contributed by atoms with van der Waals surface area (Å²) < 4.78 is 45.3. The molecule has 0 spiro atoms. The summed E-state index contributed by atoms with van der Waals surface area (Å²) in [5, 5.41) is 0. The molecule has 1 aromatic carbocycles. The Kier molecular flexibility index (Phi) is 3.41. The van der Waals surface area contributed by atoms with E-state index in [0.29, 0.717) is 5.56 Å². The van der Waals surface area contributed by atoms with Gasteiger partial charge in [-0.1, -0.05) is 6.07 Å². The number of phosphoric ester groups is 1. The monoisotopic (exact) mass is 268 g/mol. The first-order valence-electron chi connectivity index (χ1n) is 3.93. The summed E-state index contributed by atoms with van der Waals surface area (Å²) >= 11 is 0. The standard InChI is InChI=1S/C7H9O7PS/c1-5-2-3-7(16(11,12)13)6(4-5)14-15(8,9)10/h2-4H,1H3,(H2,8,9,10)(H,11,12,13). The van der Waals surface area contributed by atoms with Crippen molar-refractivity contribution in [1.29, 1.82) is 0 Å². The lowest BCUT2D eigenvalue weighted by Crippen LogP contribution is -2.02. The minimum atomic E-state index is -4.88. The van der Waals surface area contributed by atoms with Gasteiger partial charge in [0.25, 0.3) is 10.1 Å². The highest BCUT2D eigenvalue weighted by Gasteiger charge is 2.23. The molecule has 0 radical (unpaired) electrons. The van der Waals surface area contributed by atoms with Gasteiger partial charge in [-0.05, 0) is 24.6 Å². The van der Waals surface area contributed by atoms with Gasteiger partial charge in [-0.3, -0.25) is 14.3 Å². The second-order valence-electron chi connectivity index (χ2n) is 3.01. The van der Waals surface area contributed by atoms with Crippen LogP contribution in [0.1, 0.15) is 5.56 Å². The maximum absolute atomic E-state index is 10.9. The lowest BCUT2D eigenvalue weighted by molar-refractivity contribution is 0.280. The van der Waals surface area contributed by atoms with Gasteiger partial charge in [0.1, 0.15) is 4.90 Å². The van der Waals surface area contributed by atoms with E-state index in [2.05, 4.69) is 4.52 Å². The molecule has 0 heterocycles. The molecule has 0 aromatic heterocycles. The fraction of sp³-hybridized carbons (Fsp3) is 0.143. The van der Waals surface area contributed by atoms with E-state index in [1.54, 1.807) is 6.92 Å². The van der Waals surface area contributed by atoms with Gasteiger partial charge in [0.15, 0.2) is 5.75 Å². The number of benzene rings is 1. The Balaban J connectivity index is 3.36.